The van der Waals surface area contributed by atoms with Crippen LogP contribution in [0.15, 0.2) is 77.3 Å². The Morgan fingerprint density at radius 2 is 1.79 bits per heavy atom. The van der Waals surface area contributed by atoms with Crippen molar-refractivity contribution >= 4 is 27.8 Å². The van der Waals surface area contributed by atoms with Crippen molar-refractivity contribution in [3.8, 4) is 11.3 Å². The van der Waals surface area contributed by atoms with Crippen molar-refractivity contribution in [1.82, 2.24) is 20.4 Å². The van der Waals surface area contributed by atoms with E-state index in [4.69, 9.17) is 4.52 Å². The van der Waals surface area contributed by atoms with Gasteiger partial charge in [0, 0.05) is 24.1 Å². The molecule has 0 fully saturated rings. The lowest BCUT2D eigenvalue weighted by Crippen LogP contribution is -2.25. The van der Waals surface area contributed by atoms with Gasteiger partial charge in [0.1, 0.15) is 11.3 Å². The highest BCUT2D eigenvalue weighted by molar-refractivity contribution is 6.01. The first-order valence-corrected chi connectivity index (χ1v) is 9.44. The maximum Gasteiger partial charge on any atom is 0.251 e. The second-order valence-electron chi connectivity index (χ2n) is 6.82. The standard InChI is InChI=1S/C23H18N4O2/c28-23(24-13-12-21-25-19-8-4-5-9-20(19)26-21)16-10-11-18-17(14-16)22(29-27-18)15-6-2-1-3-7-15/h1-11,14H,12-13H2,(H,24,28)(H,25,26). The molecule has 0 aliphatic heterocycles. The summed E-state index contributed by atoms with van der Waals surface area (Å²) >= 11 is 0. The van der Waals surface area contributed by atoms with Gasteiger partial charge in [-0.05, 0) is 30.3 Å². The van der Waals surface area contributed by atoms with Crippen LogP contribution in [0.4, 0.5) is 0 Å². The Bertz CT molecular complexity index is 1270. The van der Waals surface area contributed by atoms with E-state index in [1.54, 1.807) is 12.1 Å². The number of amides is 1. The number of fused-ring (bicyclic) bond motifs is 2. The highest BCUT2D eigenvalue weighted by Crippen LogP contribution is 2.29. The molecule has 0 saturated carbocycles. The fourth-order valence-corrected chi connectivity index (χ4v) is 3.40. The van der Waals surface area contributed by atoms with Gasteiger partial charge in [-0.1, -0.05) is 47.6 Å². The number of H-pyrrole nitrogens is 1. The molecule has 142 valence electrons. The SMILES string of the molecule is O=C(NCCc1nc2ccccc2[nH]1)c1ccc2noc(-c3ccccc3)c2c1. The normalized spacial score (nSPS) is 11.2. The van der Waals surface area contributed by atoms with E-state index in [9.17, 15) is 4.79 Å². The van der Waals surface area contributed by atoms with Gasteiger partial charge >= 0.3 is 0 Å². The van der Waals surface area contributed by atoms with E-state index in [1.807, 2.05) is 60.7 Å². The third-order valence-corrected chi connectivity index (χ3v) is 4.86. The van der Waals surface area contributed by atoms with Gasteiger partial charge in [-0.25, -0.2) is 4.98 Å². The van der Waals surface area contributed by atoms with Crippen LogP contribution in [0.3, 0.4) is 0 Å². The molecule has 2 aromatic heterocycles. The summed E-state index contributed by atoms with van der Waals surface area (Å²) in [5.74, 6) is 1.38. The topological polar surface area (TPSA) is 83.8 Å². The number of nitrogens with zero attached hydrogens (tertiary/aromatic N) is 2. The monoisotopic (exact) mass is 382 g/mol. The minimum absolute atomic E-state index is 0.136. The summed E-state index contributed by atoms with van der Waals surface area (Å²) in [6.07, 6.45) is 0.630. The number of hydrogen-bond acceptors (Lipinski definition) is 4. The first-order chi connectivity index (χ1) is 14.3. The van der Waals surface area contributed by atoms with Crippen LogP contribution in [0.5, 0.6) is 0 Å². The molecule has 0 radical (unpaired) electrons. The number of nitrogens with one attached hydrogen (secondary N) is 2. The second-order valence-corrected chi connectivity index (χ2v) is 6.82. The van der Waals surface area contributed by atoms with Crippen molar-refractivity contribution in [2.24, 2.45) is 0 Å². The highest BCUT2D eigenvalue weighted by atomic mass is 16.5. The Hall–Kier alpha value is -3.93. The minimum atomic E-state index is -0.136. The molecule has 6 nitrogen and oxygen atoms in total. The quantitative estimate of drug-likeness (QED) is 0.473. The summed E-state index contributed by atoms with van der Waals surface area (Å²) in [7, 11) is 0. The molecule has 2 N–H and O–H groups in total. The van der Waals surface area contributed by atoms with Crippen molar-refractivity contribution in [1.29, 1.82) is 0 Å². The largest absolute Gasteiger partial charge is 0.355 e. The fourth-order valence-electron chi connectivity index (χ4n) is 3.40. The van der Waals surface area contributed by atoms with Crippen LogP contribution >= 0.6 is 0 Å². The van der Waals surface area contributed by atoms with Crippen LogP contribution < -0.4 is 5.32 Å². The second kappa shape index (κ2) is 7.24. The van der Waals surface area contributed by atoms with E-state index in [1.165, 1.54) is 0 Å². The molecule has 6 heteroatoms. The molecule has 0 aliphatic rings. The first-order valence-electron chi connectivity index (χ1n) is 9.44. The van der Waals surface area contributed by atoms with Gasteiger partial charge in [0.05, 0.1) is 16.4 Å². The van der Waals surface area contributed by atoms with Gasteiger partial charge in [0.25, 0.3) is 5.91 Å². The summed E-state index contributed by atoms with van der Waals surface area (Å²) in [4.78, 5) is 20.4. The zero-order valence-corrected chi connectivity index (χ0v) is 15.6. The molecule has 0 aliphatic carbocycles. The lowest BCUT2D eigenvalue weighted by atomic mass is 10.1. The molecule has 1 amide bonds. The van der Waals surface area contributed by atoms with E-state index >= 15 is 0 Å². The number of benzene rings is 3. The molecule has 5 aromatic rings. The van der Waals surface area contributed by atoms with Crippen LogP contribution in [0, 0.1) is 0 Å². The Balaban J connectivity index is 1.31. The maximum atomic E-state index is 12.6. The number of imidazole rings is 1. The van der Waals surface area contributed by atoms with E-state index in [0.29, 0.717) is 24.3 Å². The fraction of sp³-hybridized carbons (Fsp3) is 0.0870. The Labute approximate surface area is 166 Å². The number of para-hydroxylation sites is 2. The Kier molecular flexibility index (Phi) is 4.29. The van der Waals surface area contributed by atoms with Gasteiger partial charge in [-0.15, -0.1) is 0 Å². The van der Waals surface area contributed by atoms with Crippen molar-refractivity contribution in [2.75, 3.05) is 6.54 Å². The predicted octanol–water partition coefficient (Wildman–Crippen LogP) is 4.34. The zero-order chi connectivity index (χ0) is 19.6. The average molecular weight is 382 g/mol. The molecule has 0 bridgehead atoms. The number of aromatic nitrogens is 3. The van der Waals surface area contributed by atoms with Gasteiger partial charge in [-0.2, -0.15) is 0 Å². The molecule has 2 heterocycles. The number of aromatic amines is 1. The summed E-state index contributed by atoms with van der Waals surface area (Å²) in [5, 5.41) is 7.88. The highest BCUT2D eigenvalue weighted by Gasteiger charge is 2.14. The van der Waals surface area contributed by atoms with Crippen LogP contribution in [-0.2, 0) is 6.42 Å². The third-order valence-electron chi connectivity index (χ3n) is 4.86. The molecule has 0 unspecified atom stereocenters. The molecule has 0 saturated heterocycles. The van der Waals surface area contributed by atoms with Gasteiger partial charge < -0.3 is 14.8 Å². The van der Waals surface area contributed by atoms with Crippen molar-refractivity contribution in [2.45, 2.75) is 6.42 Å². The van der Waals surface area contributed by atoms with Crippen molar-refractivity contribution < 1.29 is 9.32 Å². The van der Waals surface area contributed by atoms with Crippen LogP contribution in [0.2, 0.25) is 0 Å². The lowest BCUT2D eigenvalue weighted by molar-refractivity contribution is 0.0954. The van der Waals surface area contributed by atoms with Crippen LogP contribution in [-0.4, -0.2) is 27.6 Å². The van der Waals surface area contributed by atoms with E-state index in [0.717, 1.165) is 33.3 Å². The molecular formula is C23H18N4O2. The average Bonchev–Trinajstić information content (AvgIpc) is 3.37. The Morgan fingerprint density at radius 1 is 0.966 bits per heavy atom. The van der Waals surface area contributed by atoms with Crippen molar-refractivity contribution in [3.05, 3.63) is 84.2 Å². The molecule has 5 rings (SSSR count). The number of carbonyl (C=O) groups excluding carboxylic acids is 1. The summed E-state index contributed by atoms with van der Waals surface area (Å²) in [6, 6.07) is 23.0. The summed E-state index contributed by atoms with van der Waals surface area (Å²) in [6.45, 7) is 0.492. The van der Waals surface area contributed by atoms with Gasteiger partial charge in [-0.3, -0.25) is 4.79 Å². The molecule has 3 aromatic carbocycles. The molecule has 0 spiro atoms. The molecular weight excluding hydrogens is 364 g/mol. The summed E-state index contributed by atoms with van der Waals surface area (Å²) < 4.78 is 5.51. The van der Waals surface area contributed by atoms with E-state index in [-0.39, 0.29) is 5.91 Å². The van der Waals surface area contributed by atoms with E-state index < -0.39 is 0 Å². The number of rotatable bonds is 5. The first kappa shape index (κ1) is 17.2. The third kappa shape index (κ3) is 3.36. The van der Waals surface area contributed by atoms with Crippen molar-refractivity contribution in [3.63, 3.8) is 0 Å². The zero-order valence-electron chi connectivity index (χ0n) is 15.6. The molecule has 0 atom stereocenters. The number of hydrogen-bond donors (Lipinski definition) is 2. The molecule has 29 heavy (non-hydrogen) atoms. The van der Waals surface area contributed by atoms with Gasteiger partial charge in [0.15, 0.2) is 5.76 Å². The van der Waals surface area contributed by atoms with Gasteiger partial charge in [0.2, 0.25) is 0 Å². The Morgan fingerprint density at radius 3 is 2.66 bits per heavy atom. The smallest absolute Gasteiger partial charge is 0.251 e. The van der Waals surface area contributed by atoms with Crippen LogP contribution in [0.1, 0.15) is 16.2 Å². The summed E-state index contributed by atoms with van der Waals surface area (Å²) in [5.41, 5.74) is 4.16. The minimum Gasteiger partial charge on any atom is -0.355 e. The van der Waals surface area contributed by atoms with Crippen LogP contribution in [0.25, 0.3) is 33.3 Å². The maximum absolute atomic E-state index is 12.6. The number of carbonyl (C=O) groups is 1. The lowest BCUT2D eigenvalue weighted by Gasteiger charge is -2.04. The predicted molar refractivity (Wildman–Crippen MR) is 112 cm³/mol. The van der Waals surface area contributed by atoms with E-state index in [2.05, 4.69) is 20.4 Å².